The van der Waals surface area contributed by atoms with E-state index in [0.717, 1.165) is 18.1 Å². The van der Waals surface area contributed by atoms with Crippen LogP contribution < -0.4 is 19.7 Å². The van der Waals surface area contributed by atoms with E-state index in [-0.39, 0.29) is 5.91 Å². The van der Waals surface area contributed by atoms with E-state index >= 15 is 0 Å². The zero-order valence-corrected chi connectivity index (χ0v) is 15.6. The van der Waals surface area contributed by atoms with Gasteiger partial charge in [0.25, 0.3) is 5.91 Å². The summed E-state index contributed by atoms with van der Waals surface area (Å²) < 4.78 is 11.1. The summed E-state index contributed by atoms with van der Waals surface area (Å²) in [5, 5.41) is 2.87. The summed E-state index contributed by atoms with van der Waals surface area (Å²) in [6.07, 6.45) is 1.59. The van der Waals surface area contributed by atoms with E-state index in [1.54, 1.807) is 30.5 Å². The molecular formula is C22H21N3O3. The van der Waals surface area contributed by atoms with Crippen molar-refractivity contribution in [3.8, 4) is 11.5 Å². The predicted molar refractivity (Wildman–Crippen MR) is 109 cm³/mol. The van der Waals surface area contributed by atoms with Crippen LogP contribution in [0.1, 0.15) is 17.3 Å². The summed E-state index contributed by atoms with van der Waals surface area (Å²) in [6.45, 7) is 3.89. The van der Waals surface area contributed by atoms with Gasteiger partial charge in [-0.25, -0.2) is 4.98 Å². The number of pyridine rings is 1. The van der Waals surface area contributed by atoms with Gasteiger partial charge in [-0.15, -0.1) is 0 Å². The van der Waals surface area contributed by atoms with Gasteiger partial charge in [0.15, 0.2) is 11.5 Å². The number of carbonyl (C=O) groups is 1. The molecule has 0 atom stereocenters. The maximum Gasteiger partial charge on any atom is 0.257 e. The number of aromatic nitrogens is 1. The maximum atomic E-state index is 12.6. The monoisotopic (exact) mass is 375 g/mol. The highest BCUT2D eigenvalue weighted by molar-refractivity contribution is 6.04. The van der Waals surface area contributed by atoms with E-state index in [9.17, 15) is 4.79 Å². The number of hydrogen-bond acceptors (Lipinski definition) is 5. The van der Waals surface area contributed by atoms with Gasteiger partial charge in [0.1, 0.15) is 19.0 Å². The van der Waals surface area contributed by atoms with Crippen LogP contribution in [0.4, 0.5) is 17.2 Å². The van der Waals surface area contributed by atoms with Gasteiger partial charge in [-0.1, -0.05) is 18.2 Å². The highest BCUT2D eigenvalue weighted by atomic mass is 16.6. The number of anilines is 3. The molecule has 0 saturated carbocycles. The Morgan fingerprint density at radius 2 is 1.82 bits per heavy atom. The van der Waals surface area contributed by atoms with Crippen molar-refractivity contribution in [2.75, 3.05) is 30.0 Å². The van der Waals surface area contributed by atoms with Gasteiger partial charge in [-0.05, 0) is 43.3 Å². The Hall–Kier alpha value is -3.54. The topological polar surface area (TPSA) is 63.7 Å². The standard InChI is InChI=1S/C22H21N3O3/c1-2-25(18-6-4-3-5-7-18)21-11-8-16(15-23-21)22(26)24-17-9-10-19-20(14-17)28-13-12-27-19/h3-11,14-15H,2,12-13H2,1H3,(H,24,26). The highest BCUT2D eigenvalue weighted by Gasteiger charge is 2.14. The van der Waals surface area contributed by atoms with Crippen LogP contribution in [0.3, 0.4) is 0 Å². The SMILES string of the molecule is CCN(c1ccccc1)c1ccc(C(=O)Nc2ccc3c(c2)OCCO3)cn1. The quantitative estimate of drug-likeness (QED) is 0.722. The number of hydrogen-bond donors (Lipinski definition) is 1. The lowest BCUT2D eigenvalue weighted by atomic mass is 10.2. The van der Waals surface area contributed by atoms with Crippen molar-refractivity contribution in [1.29, 1.82) is 0 Å². The molecule has 0 unspecified atom stereocenters. The zero-order valence-electron chi connectivity index (χ0n) is 15.6. The van der Waals surface area contributed by atoms with Gasteiger partial charge in [-0.3, -0.25) is 4.79 Å². The number of carbonyl (C=O) groups excluding carboxylic acids is 1. The Bertz CT molecular complexity index is 959. The normalized spacial score (nSPS) is 12.3. The molecule has 28 heavy (non-hydrogen) atoms. The van der Waals surface area contributed by atoms with Crippen LogP contribution in [0.5, 0.6) is 11.5 Å². The van der Waals surface area contributed by atoms with Crippen molar-refractivity contribution in [2.24, 2.45) is 0 Å². The first-order valence-electron chi connectivity index (χ1n) is 9.24. The first kappa shape index (κ1) is 17.9. The molecule has 0 spiro atoms. The number of fused-ring (bicyclic) bond motifs is 1. The number of ether oxygens (including phenoxy) is 2. The van der Waals surface area contributed by atoms with Crippen molar-refractivity contribution in [3.05, 3.63) is 72.4 Å². The molecule has 1 aliphatic rings. The molecule has 1 amide bonds. The molecule has 2 aromatic carbocycles. The third kappa shape index (κ3) is 3.76. The lowest BCUT2D eigenvalue weighted by molar-refractivity contribution is 0.102. The molecule has 1 aromatic heterocycles. The first-order chi connectivity index (χ1) is 13.7. The molecule has 4 rings (SSSR count). The number of benzene rings is 2. The average molecular weight is 375 g/mol. The Kier molecular flexibility index (Phi) is 5.10. The second kappa shape index (κ2) is 8.00. The summed E-state index contributed by atoms with van der Waals surface area (Å²) in [5.41, 5.74) is 2.20. The lowest BCUT2D eigenvalue weighted by Gasteiger charge is -2.22. The molecular weight excluding hydrogens is 354 g/mol. The van der Waals surface area contributed by atoms with Crippen LogP contribution in [0, 0.1) is 0 Å². The predicted octanol–water partition coefficient (Wildman–Crippen LogP) is 4.26. The molecule has 6 nitrogen and oxygen atoms in total. The number of para-hydroxylation sites is 1. The lowest BCUT2D eigenvalue weighted by Crippen LogP contribution is -2.18. The third-order valence-corrected chi connectivity index (χ3v) is 4.47. The van der Waals surface area contributed by atoms with E-state index in [1.165, 1.54) is 0 Å². The molecule has 3 aromatic rings. The van der Waals surface area contributed by atoms with Crippen molar-refractivity contribution < 1.29 is 14.3 Å². The Morgan fingerprint density at radius 1 is 1.04 bits per heavy atom. The number of nitrogens with one attached hydrogen (secondary N) is 1. The summed E-state index contributed by atoms with van der Waals surface area (Å²) in [7, 11) is 0. The Balaban J connectivity index is 1.48. The van der Waals surface area contributed by atoms with Crippen molar-refractivity contribution in [1.82, 2.24) is 4.98 Å². The minimum absolute atomic E-state index is 0.224. The average Bonchev–Trinajstić information content (AvgIpc) is 2.75. The first-order valence-corrected chi connectivity index (χ1v) is 9.24. The van der Waals surface area contributed by atoms with Crippen LogP contribution in [0.2, 0.25) is 0 Å². The highest BCUT2D eigenvalue weighted by Crippen LogP contribution is 2.32. The van der Waals surface area contributed by atoms with E-state index in [4.69, 9.17) is 9.47 Å². The third-order valence-electron chi connectivity index (χ3n) is 4.47. The fourth-order valence-electron chi connectivity index (χ4n) is 3.09. The molecule has 1 N–H and O–H groups in total. The van der Waals surface area contributed by atoms with Crippen molar-refractivity contribution >= 4 is 23.1 Å². The number of rotatable bonds is 5. The van der Waals surface area contributed by atoms with Crippen LogP contribution in [-0.4, -0.2) is 30.6 Å². The number of amides is 1. The fourth-order valence-corrected chi connectivity index (χ4v) is 3.09. The van der Waals surface area contributed by atoms with Gasteiger partial charge >= 0.3 is 0 Å². The molecule has 0 radical (unpaired) electrons. The van der Waals surface area contributed by atoms with Crippen LogP contribution in [-0.2, 0) is 0 Å². The summed E-state index contributed by atoms with van der Waals surface area (Å²) in [6, 6.07) is 19.0. The Labute approximate surface area is 163 Å². The molecule has 142 valence electrons. The molecule has 0 aliphatic carbocycles. The Morgan fingerprint density at radius 3 is 2.54 bits per heavy atom. The minimum Gasteiger partial charge on any atom is -0.486 e. The van der Waals surface area contributed by atoms with Crippen molar-refractivity contribution in [2.45, 2.75) is 6.92 Å². The second-order valence-corrected chi connectivity index (χ2v) is 6.30. The van der Waals surface area contributed by atoms with E-state index in [1.807, 2.05) is 36.4 Å². The number of nitrogens with zero attached hydrogens (tertiary/aromatic N) is 2. The maximum absolute atomic E-state index is 12.6. The van der Waals surface area contributed by atoms with Crippen molar-refractivity contribution in [3.63, 3.8) is 0 Å². The molecule has 6 heteroatoms. The van der Waals surface area contributed by atoms with E-state index in [0.29, 0.717) is 36.0 Å². The van der Waals surface area contributed by atoms with Crippen LogP contribution >= 0.6 is 0 Å². The van der Waals surface area contributed by atoms with E-state index < -0.39 is 0 Å². The summed E-state index contributed by atoms with van der Waals surface area (Å²) in [4.78, 5) is 19.1. The molecule has 0 saturated heterocycles. The molecule has 1 aliphatic heterocycles. The summed E-state index contributed by atoms with van der Waals surface area (Å²) in [5.74, 6) is 1.90. The van der Waals surface area contributed by atoms with Gasteiger partial charge < -0.3 is 19.7 Å². The minimum atomic E-state index is -0.224. The van der Waals surface area contributed by atoms with E-state index in [2.05, 4.69) is 22.1 Å². The summed E-state index contributed by atoms with van der Waals surface area (Å²) >= 11 is 0. The van der Waals surface area contributed by atoms with Gasteiger partial charge in [0.05, 0.1) is 5.56 Å². The second-order valence-electron chi connectivity index (χ2n) is 6.30. The molecule has 0 bridgehead atoms. The fraction of sp³-hybridized carbons (Fsp3) is 0.182. The van der Waals surface area contributed by atoms with Gasteiger partial charge in [0, 0.05) is 30.2 Å². The van der Waals surface area contributed by atoms with Gasteiger partial charge in [-0.2, -0.15) is 0 Å². The van der Waals surface area contributed by atoms with Crippen LogP contribution in [0.15, 0.2) is 66.9 Å². The zero-order chi connectivity index (χ0) is 19.3. The molecule has 0 fully saturated rings. The van der Waals surface area contributed by atoms with Crippen LogP contribution in [0.25, 0.3) is 0 Å². The largest absolute Gasteiger partial charge is 0.486 e. The van der Waals surface area contributed by atoms with Gasteiger partial charge in [0.2, 0.25) is 0 Å². The molecule has 2 heterocycles. The smallest absolute Gasteiger partial charge is 0.257 e.